The van der Waals surface area contributed by atoms with Crippen molar-refractivity contribution in [3.8, 4) is 5.88 Å². The molecule has 1 saturated heterocycles. The number of aromatic nitrogens is 4. The lowest BCUT2D eigenvalue weighted by Gasteiger charge is -2.37. The monoisotopic (exact) mass is 595 g/mol. The molecule has 2 aromatic heterocycles. The van der Waals surface area contributed by atoms with E-state index in [9.17, 15) is 9.18 Å². The maximum absolute atomic E-state index is 13.5. The van der Waals surface area contributed by atoms with Gasteiger partial charge in [-0.1, -0.05) is 54.6 Å². The van der Waals surface area contributed by atoms with Gasteiger partial charge < -0.3 is 29.2 Å². The number of ether oxygens (including phenoxy) is 2. The van der Waals surface area contributed by atoms with Gasteiger partial charge in [-0.15, -0.1) is 0 Å². The van der Waals surface area contributed by atoms with E-state index in [1.807, 2.05) is 67.7 Å². The number of alkyl carbamates (subject to hydrolysis) is 1. The van der Waals surface area contributed by atoms with Crippen LogP contribution in [-0.2, 0) is 17.8 Å². The average Bonchev–Trinajstić information content (AvgIpc) is 3.43. The van der Waals surface area contributed by atoms with Crippen molar-refractivity contribution in [3.05, 3.63) is 108 Å². The van der Waals surface area contributed by atoms with E-state index >= 15 is 0 Å². The lowest BCUT2D eigenvalue weighted by atomic mass is 10.0. The molecule has 3 heterocycles. The second kappa shape index (κ2) is 13.4. The standard InChI is InChI=1S/C33H34FN7O3/c1-39(31-35-18-15-30(38-31)43-23-44-33(42)36-21-24-7-3-2-4-8-24)27-16-19-40(20-17-27)32-37-28-9-5-6-10-29(28)41(32)22-25-11-13-26(34)14-12-25/h2-15,18,27H,16-17,19-23H2,1H3,(H,36,42). The number of rotatable bonds is 10. The Hall–Kier alpha value is -5.19. The van der Waals surface area contributed by atoms with Crippen molar-refractivity contribution in [1.29, 1.82) is 0 Å². The number of nitrogens with one attached hydrogen (secondary N) is 1. The van der Waals surface area contributed by atoms with Gasteiger partial charge in [-0.3, -0.25) is 0 Å². The first-order chi connectivity index (χ1) is 21.5. The number of para-hydroxylation sites is 2. The number of fused-ring (bicyclic) bond motifs is 1. The van der Waals surface area contributed by atoms with E-state index in [0.29, 0.717) is 24.9 Å². The summed E-state index contributed by atoms with van der Waals surface area (Å²) in [7, 11) is 1.98. The summed E-state index contributed by atoms with van der Waals surface area (Å²) in [5.74, 6) is 1.53. The normalized spacial score (nSPS) is 13.5. The Kier molecular flexibility index (Phi) is 8.81. The molecule has 1 aliphatic heterocycles. The molecule has 3 aromatic carbocycles. The Morgan fingerprint density at radius 3 is 2.50 bits per heavy atom. The van der Waals surface area contributed by atoms with Crippen molar-refractivity contribution in [2.45, 2.75) is 32.0 Å². The number of anilines is 2. The smallest absolute Gasteiger partial charge is 0.410 e. The largest absolute Gasteiger partial charge is 0.440 e. The summed E-state index contributed by atoms with van der Waals surface area (Å²) < 4.78 is 26.5. The third kappa shape index (κ3) is 6.88. The number of imidazole rings is 1. The second-order valence-corrected chi connectivity index (χ2v) is 10.7. The first kappa shape index (κ1) is 28.9. The average molecular weight is 596 g/mol. The van der Waals surface area contributed by atoms with E-state index in [1.54, 1.807) is 12.3 Å². The molecular weight excluding hydrogens is 561 g/mol. The van der Waals surface area contributed by atoms with E-state index in [1.165, 1.54) is 12.1 Å². The molecule has 44 heavy (non-hydrogen) atoms. The molecular formula is C33H34FN7O3. The first-order valence-corrected chi connectivity index (χ1v) is 14.6. The zero-order chi connectivity index (χ0) is 30.3. The van der Waals surface area contributed by atoms with Gasteiger partial charge in [0.1, 0.15) is 5.82 Å². The summed E-state index contributed by atoms with van der Waals surface area (Å²) >= 11 is 0. The molecule has 0 aliphatic carbocycles. The third-order valence-electron chi connectivity index (χ3n) is 7.79. The number of benzene rings is 3. The Bertz CT molecular complexity index is 1690. The zero-order valence-corrected chi connectivity index (χ0v) is 24.5. The van der Waals surface area contributed by atoms with Gasteiger partial charge in [0.15, 0.2) is 0 Å². The lowest BCUT2D eigenvalue weighted by molar-refractivity contribution is 0.0565. The summed E-state index contributed by atoms with van der Waals surface area (Å²) in [6, 6.07) is 26.2. The number of hydrogen-bond acceptors (Lipinski definition) is 8. The molecule has 6 rings (SSSR count). The van der Waals surface area contributed by atoms with Gasteiger partial charge in [-0.2, -0.15) is 4.98 Å². The number of hydrogen-bond donors (Lipinski definition) is 1. The minimum absolute atomic E-state index is 0.219. The van der Waals surface area contributed by atoms with E-state index in [0.717, 1.165) is 54.0 Å². The predicted molar refractivity (Wildman–Crippen MR) is 166 cm³/mol. The van der Waals surface area contributed by atoms with Crippen LogP contribution in [-0.4, -0.2) is 58.6 Å². The Morgan fingerprint density at radius 2 is 1.70 bits per heavy atom. The lowest BCUT2D eigenvalue weighted by Crippen LogP contribution is -2.44. The van der Waals surface area contributed by atoms with Crippen LogP contribution in [0, 0.1) is 5.82 Å². The molecule has 11 heteroatoms. The molecule has 1 aliphatic rings. The molecule has 1 amide bonds. The Balaban J connectivity index is 1.04. The number of amides is 1. The van der Waals surface area contributed by atoms with E-state index in [2.05, 4.69) is 35.7 Å². The fourth-order valence-corrected chi connectivity index (χ4v) is 5.40. The van der Waals surface area contributed by atoms with Crippen molar-refractivity contribution in [1.82, 2.24) is 24.8 Å². The Labute approximate surface area is 255 Å². The minimum Gasteiger partial charge on any atom is -0.440 e. The van der Waals surface area contributed by atoms with Crippen LogP contribution in [0.4, 0.5) is 21.1 Å². The number of halogens is 1. The van der Waals surface area contributed by atoms with Crippen LogP contribution in [0.3, 0.4) is 0 Å². The minimum atomic E-state index is -0.571. The molecule has 0 unspecified atom stereocenters. The molecule has 1 fully saturated rings. The van der Waals surface area contributed by atoms with Gasteiger partial charge in [0, 0.05) is 45.0 Å². The van der Waals surface area contributed by atoms with Gasteiger partial charge in [0.05, 0.1) is 17.6 Å². The first-order valence-electron chi connectivity index (χ1n) is 14.6. The highest BCUT2D eigenvalue weighted by Gasteiger charge is 2.27. The maximum Gasteiger partial charge on any atom is 0.410 e. The quantitative estimate of drug-likeness (QED) is 0.215. The highest BCUT2D eigenvalue weighted by Crippen LogP contribution is 2.28. The maximum atomic E-state index is 13.5. The summed E-state index contributed by atoms with van der Waals surface area (Å²) in [5, 5.41) is 2.69. The molecule has 0 saturated carbocycles. The van der Waals surface area contributed by atoms with Gasteiger partial charge in [-0.25, -0.2) is 19.2 Å². The van der Waals surface area contributed by atoms with Crippen LogP contribution in [0.15, 0.2) is 91.1 Å². The SMILES string of the molecule is CN(c1nccc(OCOC(=O)NCc2ccccc2)n1)C1CCN(c2nc3ccccc3n2Cc2ccc(F)cc2)CC1. The summed E-state index contributed by atoms with van der Waals surface area (Å²) in [6.07, 6.45) is 2.83. The number of nitrogens with zero attached hydrogens (tertiary/aromatic N) is 6. The van der Waals surface area contributed by atoms with Crippen LogP contribution in [0.1, 0.15) is 24.0 Å². The van der Waals surface area contributed by atoms with Crippen molar-refractivity contribution in [2.24, 2.45) is 0 Å². The van der Waals surface area contributed by atoms with Crippen LogP contribution < -0.4 is 19.9 Å². The zero-order valence-electron chi connectivity index (χ0n) is 24.5. The molecule has 10 nitrogen and oxygen atoms in total. The van der Waals surface area contributed by atoms with Crippen LogP contribution in [0.2, 0.25) is 0 Å². The van der Waals surface area contributed by atoms with Crippen molar-refractivity contribution in [3.63, 3.8) is 0 Å². The van der Waals surface area contributed by atoms with Crippen molar-refractivity contribution < 1.29 is 18.7 Å². The van der Waals surface area contributed by atoms with Crippen LogP contribution >= 0.6 is 0 Å². The molecule has 0 radical (unpaired) electrons. The van der Waals surface area contributed by atoms with Gasteiger partial charge in [-0.05, 0) is 48.2 Å². The molecule has 0 spiro atoms. The highest BCUT2D eigenvalue weighted by molar-refractivity contribution is 5.79. The fraction of sp³-hybridized carbons (Fsp3) is 0.273. The summed E-state index contributed by atoms with van der Waals surface area (Å²) in [4.78, 5) is 30.4. The predicted octanol–water partition coefficient (Wildman–Crippen LogP) is 5.38. The van der Waals surface area contributed by atoms with Crippen molar-refractivity contribution in [2.75, 3.05) is 36.7 Å². The van der Waals surface area contributed by atoms with E-state index < -0.39 is 6.09 Å². The van der Waals surface area contributed by atoms with Gasteiger partial charge >= 0.3 is 6.09 Å². The summed E-state index contributed by atoms with van der Waals surface area (Å²) in [5.41, 5.74) is 3.98. The molecule has 0 atom stereocenters. The number of carbonyl (C=O) groups excluding carboxylic acids is 1. The van der Waals surface area contributed by atoms with Gasteiger partial charge in [0.2, 0.25) is 24.6 Å². The number of piperidine rings is 1. The number of carbonyl (C=O) groups is 1. The summed E-state index contributed by atoms with van der Waals surface area (Å²) in [6.45, 7) is 2.33. The van der Waals surface area contributed by atoms with Crippen LogP contribution in [0.25, 0.3) is 11.0 Å². The molecule has 0 bridgehead atoms. The van der Waals surface area contributed by atoms with Crippen LogP contribution in [0.5, 0.6) is 5.88 Å². The molecule has 226 valence electrons. The van der Waals surface area contributed by atoms with Gasteiger partial charge in [0.25, 0.3) is 0 Å². The molecule has 1 N–H and O–H groups in total. The molecule has 5 aromatic rings. The Morgan fingerprint density at radius 1 is 0.955 bits per heavy atom. The fourth-order valence-electron chi connectivity index (χ4n) is 5.40. The van der Waals surface area contributed by atoms with E-state index in [4.69, 9.17) is 14.5 Å². The topological polar surface area (TPSA) is 97.6 Å². The second-order valence-electron chi connectivity index (χ2n) is 10.7. The van der Waals surface area contributed by atoms with E-state index in [-0.39, 0.29) is 18.7 Å². The highest BCUT2D eigenvalue weighted by atomic mass is 19.1. The van der Waals surface area contributed by atoms with Crippen molar-refractivity contribution >= 4 is 29.0 Å². The third-order valence-corrected chi connectivity index (χ3v) is 7.79.